The molecule has 0 bridgehead atoms. The topological polar surface area (TPSA) is 51.8 Å². The Kier molecular flexibility index (Phi) is 2.12. The first-order chi connectivity index (χ1) is 6.29. The molecular weight excluding hydrogens is 186 g/mol. The molecule has 2 N–H and O–H groups in total. The minimum Gasteiger partial charge on any atom is -0.326 e. The van der Waals surface area contributed by atoms with Crippen LogP contribution >= 0.6 is 11.6 Å². The first kappa shape index (κ1) is 8.41. The zero-order chi connectivity index (χ0) is 9.26. The molecule has 0 amide bonds. The first-order valence-electron chi connectivity index (χ1n) is 3.91. The van der Waals surface area contributed by atoms with Crippen LogP contribution in [0.2, 0.25) is 5.28 Å². The van der Waals surface area contributed by atoms with Crippen LogP contribution in [0, 0.1) is 0 Å². The molecule has 0 aliphatic carbocycles. The fourth-order valence-electron chi connectivity index (χ4n) is 1.17. The number of benzene rings is 1. The number of aromatic nitrogens is 2. The number of nitrogens with two attached hydrogens (primary N) is 1. The fourth-order valence-corrected chi connectivity index (χ4v) is 1.31. The van der Waals surface area contributed by atoms with Gasteiger partial charge < -0.3 is 5.73 Å². The zero-order valence-electron chi connectivity index (χ0n) is 6.87. The lowest BCUT2D eigenvalue weighted by atomic mass is 10.1. The van der Waals surface area contributed by atoms with Crippen LogP contribution in [0.5, 0.6) is 0 Å². The van der Waals surface area contributed by atoms with E-state index in [4.69, 9.17) is 17.3 Å². The number of nitrogens with zero attached hydrogens (tertiary/aromatic N) is 2. The molecule has 0 spiro atoms. The van der Waals surface area contributed by atoms with Crippen LogP contribution < -0.4 is 5.73 Å². The van der Waals surface area contributed by atoms with Gasteiger partial charge in [-0.1, -0.05) is 12.1 Å². The highest BCUT2D eigenvalue weighted by atomic mass is 35.5. The molecule has 0 fully saturated rings. The summed E-state index contributed by atoms with van der Waals surface area (Å²) in [5, 5.41) is 1.24. The molecule has 2 aromatic rings. The summed E-state index contributed by atoms with van der Waals surface area (Å²) in [6, 6.07) is 5.82. The Balaban J connectivity index is 2.68. The van der Waals surface area contributed by atoms with Crippen molar-refractivity contribution < 1.29 is 0 Å². The Bertz CT molecular complexity index is 442. The highest BCUT2D eigenvalue weighted by Gasteiger charge is 1.98. The van der Waals surface area contributed by atoms with Crippen LogP contribution in [-0.4, -0.2) is 9.97 Å². The summed E-state index contributed by atoms with van der Waals surface area (Å²) in [4.78, 5) is 7.97. The number of fused-ring (bicyclic) bond motifs is 1. The molecule has 1 heterocycles. The van der Waals surface area contributed by atoms with Crippen molar-refractivity contribution in [3.05, 3.63) is 35.2 Å². The molecule has 0 atom stereocenters. The summed E-state index contributed by atoms with van der Waals surface area (Å²) < 4.78 is 0. The van der Waals surface area contributed by atoms with Crippen LogP contribution in [0.25, 0.3) is 10.9 Å². The van der Waals surface area contributed by atoms with Gasteiger partial charge in [-0.05, 0) is 23.2 Å². The molecule has 13 heavy (non-hydrogen) atoms. The van der Waals surface area contributed by atoms with E-state index in [2.05, 4.69) is 9.97 Å². The highest BCUT2D eigenvalue weighted by Crippen LogP contribution is 2.14. The molecular formula is C9H8ClN3. The van der Waals surface area contributed by atoms with E-state index < -0.39 is 0 Å². The minimum absolute atomic E-state index is 0.265. The van der Waals surface area contributed by atoms with Crippen LogP contribution in [0.15, 0.2) is 24.4 Å². The second kappa shape index (κ2) is 3.28. The van der Waals surface area contributed by atoms with Gasteiger partial charge >= 0.3 is 0 Å². The Hall–Kier alpha value is -1.19. The molecule has 2 rings (SSSR count). The third-order valence-corrected chi connectivity index (χ3v) is 2.04. The minimum atomic E-state index is 0.265. The third kappa shape index (κ3) is 1.61. The van der Waals surface area contributed by atoms with Crippen molar-refractivity contribution in [2.75, 3.05) is 0 Å². The maximum atomic E-state index is 5.66. The summed E-state index contributed by atoms with van der Waals surface area (Å²) in [6.07, 6.45) is 1.70. The van der Waals surface area contributed by atoms with Crippen LogP contribution in [0.1, 0.15) is 5.56 Å². The number of hydrogen-bond donors (Lipinski definition) is 1. The SMILES string of the molecule is NCc1ccc2cnc(Cl)nc2c1. The predicted octanol–water partition coefficient (Wildman–Crippen LogP) is 1.74. The Labute approximate surface area is 80.6 Å². The monoisotopic (exact) mass is 193 g/mol. The normalized spacial score (nSPS) is 10.6. The summed E-state index contributed by atoms with van der Waals surface area (Å²) in [6.45, 7) is 0.511. The van der Waals surface area contributed by atoms with Gasteiger partial charge in [-0.3, -0.25) is 0 Å². The molecule has 3 nitrogen and oxygen atoms in total. The molecule has 0 aliphatic heterocycles. The third-order valence-electron chi connectivity index (χ3n) is 1.85. The molecule has 0 saturated carbocycles. The quantitative estimate of drug-likeness (QED) is 0.702. The summed E-state index contributed by atoms with van der Waals surface area (Å²) in [5.74, 6) is 0. The molecule has 0 radical (unpaired) electrons. The zero-order valence-corrected chi connectivity index (χ0v) is 7.62. The fraction of sp³-hybridized carbons (Fsp3) is 0.111. The second-order valence-electron chi connectivity index (χ2n) is 2.74. The van der Waals surface area contributed by atoms with Crippen molar-refractivity contribution in [1.82, 2.24) is 9.97 Å². The Morgan fingerprint density at radius 2 is 2.23 bits per heavy atom. The Morgan fingerprint density at radius 1 is 1.38 bits per heavy atom. The predicted molar refractivity (Wildman–Crippen MR) is 52.4 cm³/mol. The summed E-state index contributed by atoms with van der Waals surface area (Å²) in [7, 11) is 0. The maximum absolute atomic E-state index is 5.66. The van der Waals surface area contributed by atoms with Crippen molar-refractivity contribution in [2.24, 2.45) is 5.73 Å². The smallest absolute Gasteiger partial charge is 0.222 e. The number of hydrogen-bond acceptors (Lipinski definition) is 3. The van der Waals surface area contributed by atoms with Crippen molar-refractivity contribution >= 4 is 22.5 Å². The van der Waals surface area contributed by atoms with Crippen molar-refractivity contribution in [1.29, 1.82) is 0 Å². The van der Waals surface area contributed by atoms with Crippen LogP contribution in [0.4, 0.5) is 0 Å². The number of halogens is 1. The average Bonchev–Trinajstić information content (AvgIpc) is 2.16. The van der Waals surface area contributed by atoms with Crippen molar-refractivity contribution in [3.63, 3.8) is 0 Å². The van der Waals surface area contributed by atoms with Gasteiger partial charge in [-0.2, -0.15) is 0 Å². The van der Waals surface area contributed by atoms with Gasteiger partial charge in [0.2, 0.25) is 5.28 Å². The van der Waals surface area contributed by atoms with Gasteiger partial charge in [0.05, 0.1) is 5.52 Å². The summed E-state index contributed by atoms with van der Waals surface area (Å²) >= 11 is 5.66. The molecule has 1 aromatic heterocycles. The van der Waals surface area contributed by atoms with Gasteiger partial charge in [0.1, 0.15) is 0 Å². The van der Waals surface area contributed by atoms with Gasteiger partial charge in [0.25, 0.3) is 0 Å². The van der Waals surface area contributed by atoms with Gasteiger partial charge in [0, 0.05) is 18.1 Å². The lowest BCUT2D eigenvalue weighted by Gasteiger charge is -1.99. The molecule has 0 aliphatic rings. The van der Waals surface area contributed by atoms with Gasteiger partial charge in [-0.25, -0.2) is 9.97 Å². The second-order valence-corrected chi connectivity index (χ2v) is 3.07. The Morgan fingerprint density at radius 3 is 3.00 bits per heavy atom. The van der Waals surface area contributed by atoms with Crippen molar-refractivity contribution in [3.8, 4) is 0 Å². The van der Waals surface area contributed by atoms with Crippen molar-refractivity contribution in [2.45, 2.75) is 6.54 Å². The largest absolute Gasteiger partial charge is 0.326 e. The molecule has 66 valence electrons. The van der Waals surface area contributed by atoms with E-state index in [9.17, 15) is 0 Å². The van der Waals surface area contributed by atoms with E-state index in [1.807, 2.05) is 18.2 Å². The lowest BCUT2D eigenvalue weighted by molar-refractivity contribution is 1.07. The standard InChI is InChI=1S/C9H8ClN3/c10-9-12-5-7-2-1-6(4-11)3-8(7)13-9/h1-3,5H,4,11H2. The molecule has 4 heteroatoms. The maximum Gasteiger partial charge on any atom is 0.222 e. The van der Waals surface area contributed by atoms with E-state index in [0.717, 1.165) is 16.5 Å². The van der Waals surface area contributed by atoms with Crippen LogP contribution in [-0.2, 0) is 6.54 Å². The van der Waals surface area contributed by atoms with Gasteiger partial charge in [0.15, 0.2) is 0 Å². The molecule has 0 unspecified atom stereocenters. The highest BCUT2D eigenvalue weighted by molar-refractivity contribution is 6.28. The molecule has 1 aromatic carbocycles. The van der Waals surface area contributed by atoms with E-state index in [-0.39, 0.29) is 5.28 Å². The van der Waals surface area contributed by atoms with E-state index in [0.29, 0.717) is 6.54 Å². The molecule has 0 saturated heterocycles. The first-order valence-corrected chi connectivity index (χ1v) is 4.28. The average molecular weight is 194 g/mol. The number of rotatable bonds is 1. The van der Waals surface area contributed by atoms with Crippen LogP contribution in [0.3, 0.4) is 0 Å². The lowest BCUT2D eigenvalue weighted by Crippen LogP contribution is -1.96. The van der Waals surface area contributed by atoms with E-state index in [1.165, 1.54) is 0 Å². The van der Waals surface area contributed by atoms with E-state index >= 15 is 0 Å². The van der Waals surface area contributed by atoms with Gasteiger partial charge in [-0.15, -0.1) is 0 Å². The summed E-state index contributed by atoms with van der Waals surface area (Å²) in [5.41, 5.74) is 7.38. The van der Waals surface area contributed by atoms with E-state index in [1.54, 1.807) is 6.20 Å².